The minimum Gasteiger partial charge on any atom is -0.480 e. The molecule has 0 aliphatic carbocycles. The van der Waals surface area contributed by atoms with Gasteiger partial charge in [0, 0.05) is 30.1 Å². The number of benzene rings is 1. The number of aliphatic imine (C=N–C) groups is 1. The number of fused-ring (bicyclic) bond motifs is 1. The number of carbonyl (C=O) groups excluding carboxylic acids is 3. The van der Waals surface area contributed by atoms with E-state index in [4.69, 9.17) is 17.2 Å². The minimum absolute atomic E-state index is 0.0279. The molecule has 214 valence electrons. The lowest BCUT2D eigenvalue weighted by Gasteiger charge is -2.23. The van der Waals surface area contributed by atoms with Crippen LogP contribution in [0.3, 0.4) is 0 Å². The first-order chi connectivity index (χ1) is 18.5. The van der Waals surface area contributed by atoms with E-state index in [0.29, 0.717) is 18.6 Å². The van der Waals surface area contributed by atoms with Gasteiger partial charge >= 0.3 is 5.97 Å². The molecule has 11 N–H and O–H groups in total. The van der Waals surface area contributed by atoms with E-state index >= 15 is 0 Å². The summed E-state index contributed by atoms with van der Waals surface area (Å²) in [5, 5.41) is 18.4. The molecule has 0 aliphatic heterocycles. The smallest absolute Gasteiger partial charge is 0.326 e. The first kappa shape index (κ1) is 31.4. The highest BCUT2D eigenvalue weighted by Gasteiger charge is 2.29. The molecule has 1 aromatic carbocycles. The number of thioether (sulfide) groups is 1. The Balaban J connectivity index is 2.11. The van der Waals surface area contributed by atoms with Crippen molar-refractivity contribution in [2.75, 3.05) is 18.6 Å². The van der Waals surface area contributed by atoms with Crippen molar-refractivity contribution in [1.82, 2.24) is 20.9 Å². The van der Waals surface area contributed by atoms with Crippen molar-refractivity contribution in [2.24, 2.45) is 22.2 Å². The van der Waals surface area contributed by atoms with E-state index in [1.807, 2.05) is 30.5 Å². The summed E-state index contributed by atoms with van der Waals surface area (Å²) in [4.78, 5) is 57.4. The third-order valence-electron chi connectivity index (χ3n) is 6.01. The van der Waals surface area contributed by atoms with Crippen molar-refractivity contribution < 1.29 is 24.3 Å². The predicted octanol–water partition coefficient (Wildman–Crippen LogP) is -0.597. The predicted molar refractivity (Wildman–Crippen MR) is 152 cm³/mol. The first-order valence-corrected chi connectivity index (χ1v) is 13.9. The number of rotatable bonds is 16. The minimum atomic E-state index is -1.25. The van der Waals surface area contributed by atoms with E-state index in [0.717, 1.165) is 16.5 Å². The van der Waals surface area contributed by atoms with Crippen LogP contribution in [0, 0.1) is 0 Å². The van der Waals surface area contributed by atoms with Crippen LogP contribution in [0.1, 0.15) is 31.7 Å². The van der Waals surface area contributed by atoms with E-state index in [1.165, 1.54) is 6.92 Å². The number of nitrogens with zero attached hydrogens (tertiary/aromatic N) is 1. The van der Waals surface area contributed by atoms with Crippen LogP contribution in [0.15, 0.2) is 35.5 Å². The fraction of sp³-hybridized carbons (Fsp3) is 0.480. The summed E-state index contributed by atoms with van der Waals surface area (Å²) in [6.07, 6.45) is 4.53. The number of guanidine groups is 1. The van der Waals surface area contributed by atoms with Gasteiger partial charge in [0.2, 0.25) is 17.7 Å². The molecular formula is C25H38N8O5S. The van der Waals surface area contributed by atoms with Crippen molar-refractivity contribution in [3.8, 4) is 0 Å². The molecule has 1 heterocycles. The summed E-state index contributed by atoms with van der Waals surface area (Å²) in [5.41, 5.74) is 18.1. The number of nitrogens with one attached hydrogen (secondary N) is 4. The molecule has 1 aromatic heterocycles. The maximum absolute atomic E-state index is 13.2. The maximum Gasteiger partial charge on any atom is 0.326 e. The average molecular weight is 563 g/mol. The number of H-pyrrole nitrogens is 1. The molecule has 14 heteroatoms. The fourth-order valence-electron chi connectivity index (χ4n) is 3.82. The van der Waals surface area contributed by atoms with Gasteiger partial charge in [0.15, 0.2) is 5.96 Å². The number of hydrogen-bond acceptors (Lipinski definition) is 7. The lowest BCUT2D eigenvalue weighted by atomic mass is 10.0. The van der Waals surface area contributed by atoms with Crippen LogP contribution in [0.2, 0.25) is 0 Å². The number of amides is 3. The largest absolute Gasteiger partial charge is 0.480 e. The lowest BCUT2D eigenvalue weighted by Crippen LogP contribution is -2.56. The zero-order valence-electron chi connectivity index (χ0n) is 22.1. The highest BCUT2D eigenvalue weighted by Crippen LogP contribution is 2.19. The summed E-state index contributed by atoms with van der Waals surface area (Å²) in [6, 6.07) is 3.32. The first-order valence-electron chi connectivity index (χ1n) is 12.5. The van der Waals surface area contributed by atoms with Crippen LogP contribution in [-0.4, -0.2) is 82.5 Å². The molecule has 0 saturated heterocycles. The number of para-hydroxylation sites is 1. The number of carbonyl (C=O) groups is 4. The Labute approximate surface area is 231 Å². The molecule has 0 spiro atoms. The van der Waals surface area contributed by atoms with Crippen molar-refractivity contribution in [1.29, 1.82) is 0 Å². The lowest BCUT2D eigenvalue weighted by molar-refractivity contribution is -0.142. The van der Waals surface area contributed by atoms with Gasteiger partial charge in [-0.05, 0) is 49.8 Å². The number of aromatic amines is 1. The van der Waals surface area contributed by atoms with Crippen LogP contribution in [0.4, 0.5) is 0 Å². The molecule has 0 fully saturated rings. The van der Waals surface area contributed by atoms with E-state index in [1.54, 1.807) is 18.0 Å². The third-order valence-corrected chi connectivity index (χ3v) is 6.66. The number of nitrogens with two attached hydrogens (primary N) is 3. The molecule has 0 aliphatic rings. The van der Waals surface area contributed by atoms with Gasteiger partial charge in [-0.1, -0.05) is 18.2 Å². The second-order valence-corrected chi connectivity index (χ2v) is 10.1. The van der Waals surface area contributed by atoms with Gasteiger partial charge in [-0.2, -0.15) is 11.8 Å². The van der Waals surface area contributed by atoms with Gasteiger partial charge in [0.1, 0.15) is 18.1 Å². The van der Waals surface area contributed by atoms with Crippen molar-refractivity contribution in [3.63, 3.8) is 0 Å². The van der Waals surface area contributed by atoms with Gasteiger partial charge in [-0.25, -0.2) is 4.79 Å². The maximum atomic E-state index is 13.2. The second-order valence-electron chi connectivity index (χ2n) is 9.09. The van der Waals surface area contributed by atoms with E-state index in [9.17, 15) is 24.3 Å². The Morgan fingerprint density at radius 1 is 1.03 bits per heavy atom. The molecule has 0 bridgehead atoms. The highest BCUT2D eigenvalue weighted by molar-refractivity contribution is 7.98. The van der Waals surface area contributed by atoms with Gasteiger partial charge in [-0.15, -0.1) is 0 Å². The molecule has 0 radical (unpaired) electrons. The number of aliphatic carboxylic acids is 1. The topological polar surface area (TPSA) is 231 Å². The van der Waals surface area contributed by atoms with Crippen LogP contribution in [0.5, 0.6) is 0 Å². The van der Waals surface area contributed by atoms with Crippen LogP contribution in [0.25, 0.3) is 10.9 Å². The Morgan fingerprint density at radius 2 is 1.72 bits per heavy atom. The average Bonchev–Trinajstić information content (AvgIpc) is 3.30. The number of carboxylic acids is 1. The molecule has 2 rings (SSSR count). The third kappa shape index (κ3) is 10.1. The molecule has 4 atom stereocenters. The standard InChI is InChI=1S/C25H38N8O5S/c1-14(31-22(35)17(26)9-11-39-2)21(34)32-19(8-5-10-29-25(27)28)23(36)33-20(24(37)38)12-15-13-30-18-7-4-3-6-16(15)18/h3-4,6-7,13-14,17,19-20,30H,5,8-12,26H2,1-2H3,(H,31,35)(H,32,34)(H,33,36)(H,37,38)(H4,27,28,29). The van der Waals surface area contributed by atoms with Gasteiger partial charge in [-0.3, -0.25) is 19.4 Å². The Hall–Kier alpha value is -3.78. The summed E-state index contributed by atoms with van der Waals surface area (Å²) in [7, 11) is 0. The number of aromatic nitrogens is 1. The number of hydrogen-bond donors (Lipinski definition) is 8. The van der Waals surface area contributed by atoms with Gasteiger partial charge in [0.25, 0.3) is 0 Å². The highest BCUT2D eigenvalue weighted by atomic mass is 32.2. The fourth-order valence-corrected chi connectivity index (χ4v) is 4.31. The van der Waals surface area contributed by atoms with E-state index in [2.05, 4.69) is 25.9 Å². The SMILES string of the molecule is CSCCC(N)C(=O)NC(C)C(=O)NC(CCCN=C(N)N)C(=O)NC(Cc1c[nH]c2ccccc12)C(=O)O. The van der Waals surface area contributed by atoms with Gasteiger partial charge in [0.05, 0.1) is 6.04 Å². The zero-order valence-corrected chi connectivity index (χ0v) is 22.9. The molecular weight excluding hydrogens is 524 g/mol. The monoisotopic (exact) mass is 562 g/mol. The van der Waals surface area contributed by atoms with Crippen molar-refractivity contribution in [3.05, 3.63) is 36.0 Å². The molecule has 39 heavy (non-hydrogen) atoms. The summed E-state index contributed by atoms with van der Waals surface area (Å²) >= 11 is 1.55. The summed E-state index contributed by atoms with van der Waals surface area (Å²) < 4.78 is 0. The summed E-state index contributed by atoms with van der Waals surface area (Å²) in [5.74, 6) is -2.43. The zero-order chi connectivity index (χ0) is 28.9. The second kappa shape index (κ2) is 15.6. The Kier molecular flexibility index (Phi) is 12.6. The van der Waals surface area contributed by atoms with Crippen molar-refractivity contribution in [2.45, 2.75) is 56.8 Å². The molecule has 13 nitrogen and oxygen atoms in total. The summed E-state index contributed by atoms with van der Waals surface area (Å²) in [6.45, 7) is 1.68. The molecule has 4 unspecified atom stereocenters. The van der Waals surface area contributed by atoms with Gasteiger partial charge < -0.3 is 43.2 Å². The van der Waals surface area contributed by atoms with Crippen molar-refractivity contribution >= 4 is 52.3 Å². The quantitative estimate of drug-likeness (QED) is 0.0740. The molecule has 0 saturated carbocycles. The molecule has 2 aromatic rings. The van der Waals surface area contributed by atoms with Crippen LogP contribution < -0.4 is 33.2 Å². The van der Waals surface area contributed by atoms with E-state index in [-0.39, 0.29) is 25.3 Å². The Bertz CT molecular complexity index is 1170. The van der Waals surface area contributed by atoms with E-state index < -0.39 is 47.9 Å². The Morgan fingerprint density at radius 3 is 2.38 bits per heavy atom. The normalized spacial score (nSPS) is 14.0. The van der Waals surface area contributed by atoms with Crippen LogP contribution >= 0.6 is 11.8 Å². The molecule has 3 amide bonds. The van der Waals surface area contributed by atoms with Crippen LogP contribution in [-0.2, 0) is 25.6 Å². The number of carboxylic acid groups (broad SMARTS) is 1.